The number of carbonyl (C=O) groups is 2. The number of likely N-dealkylation sites (tertiary alicyclic amines) is 1. The molecule has 1 atom stereocenters. The lowest BCUT2D eigenvalue weighted by Crippen LogP contribution is -2.46. The van der Waals surface area contributed by atoms with E-state index in [1.54, 1.807) is 0 Å². The Hall–Kier alpha value is -4.02. The van der Waals surface area contributed by atoms with Gasteiger partial charge in [0, 0.05) is 56.6 Å². The number of benzene rings is 2. The molecule has 236 valence electrons. The Balaban J connectivity index is 0.831. The molecule has 0 spiro atoms. The maximum atomic E-state index is 12.0. The topological polar surface area (TPSA) is 112 Å². The molecule has 45 heavy (non-hydrogen) atoms. The number of nitrogens with one attached hydrogen (secondary N) is 3. The molecule has 3 aromatic rings. The van der Waals surface area contributed by atoms with Crippen molar-refractivity contribution in [1.29, 1.82) is 0 Å². The fourth-order valence-corrected chi connectivity index (χ4v) is 7.14. The lowest BCUT2D eigenvalue weighted by atomic mass is 9.88. The van der Waals surface area contributed by atoms with E-state index < -0.39 is 6.10 Å². The number of rotatable bonds is 8. The van der Waals surface area contributed by atoms with Crippen LogP contribution in [0.5, 0.6) is 5.75 Å². The highest BCUT2D eigenvalue weighted by Crippen LogP contribution is 2.32. The summed E-state index contributed by atoms with van der Waals surface area (Å²) in [5, 5.41) is 9.10. The molecule has 7 rings (SSSR count). The Labute approximate surface area is 265 Å². The van der Waals surface area contributed by atoms with Gasteiger partial charge in [0.1, 0.15) is 5.75 Å². The molecule has 4 aliphatic rings. The first-order valence-corrected chi connectivity index (χ1v) is 16.6. The number of piperidine rings is 3. The summed E-state index contributed by atoms with van der Waals surface area (Å²) in [5.74, 6) is 2.08. The van der Waals surface area contributed by atoms with Gasteiger partial charge in [0.2, 0.25) is 11.9 Å². The van der Waals surface area contributed by atoms with E-state index in [1.165, 1.54) is 49.0 Å². The number of hydrogen-bond acceptors (Lipinski definition) is 9. The highest BCUT2D eigenvalue weighted by Gasteiger charge is 2.29. The molecule has 1 unspecified atom stereocenters. The van der Waals surface area contributed by atoms with Crippen LogP contribution in [0.15, 0.2) is 54.7 Å². The normalized spacial score (nSPS) is 21.7. The van der Waals surface area contributed by atoms with Crippen LogP contribution in [-0.2, 0) is 22.6 Å². The molecule has 0 radical (unpaired) electrons. The van der Waals surface area contributed by atoms with E-state index in [2.05, 4.69) is 67.1 Å². The Morgan fingerprint density at radius 3 is 2.42 bits per heavy atom. The van der Waals surface area contributed by atoms with E-state index in [4.69, 9.17) is 9.72 Å². The first kappa shape index (κ1) is 29.7. The van der Waals surface area contributed by atoms with Crippen molar-refractivity contribution in [2.24, 2.45) is 5.92 Å². The molecule has 0 saturated carbocycles. The first-order valence-electron chi connectivity index (χ1n) is 16.6. The van der Waals surface area contributed by atoms with Crippen molar-refractivity contribution >= 4 is 29.1 Å². The minimum atomic E-state index is -0.592. The smallest absolute Gasteiger partial charge is 0.267 e. The number of ether oxygens (including phenoxy) is 1. The van der Waals surface area contributed by atoms with Crippen molar-refractivity contribution in [2.45, 2.75) is 63.5 Å². The van der Waals surface area contributed by atoms with Crippen LogP contribution in [0.3, 0.4) is 0 Å². The molecule has 1 aromatic heterocycles. The van der Waals surface area contributed by atoms with Gasteiger partial charge < -0.3 is 25.2 Å². The van der Waals surface area contributed by atoms with E-state index in [1.807, 2.05) is 18.3 Å². The number of anilines is 3. The maximum absolute atomic E-state index is 12.0. The molecular weight excluding hydrogens is 566 g/mol. The van der Waals surface area contributed by atoms with E-state index in [0.29, 0.717) is 30.5 Å². The largest absolute Gasteiger partial charge is 0.481 e. The van der Waals surface area contributed by atoms with Gasteiger partial charge in [0.05, 0.1) is 5.69 Å². The van der Waals surface area contributed by atoms with Crippen LogP contribution in [0.25, 0.3) is 0 Å². The van der Waals surface area contributed by atoms with Crippen LogP contribution < -0.4 is 25.6 Å². The van der Waals surface area contributed by atoms with Gasteiger partial charge in [0.25, 0.3) is 5.91 Å². The predicted octanol–water partition coefficient (Wildman–Crippen LogP) is 4.15. The van der Waals surface area contributed by atoms with Crippen molar-refractivity contribution < 1.29 is 14.3 Å². The number of nitrogens with zero attached hydrogens (tertiary/aromatic N) is 4. The molecule has 10 nitrogen and oxygen atoms in total. The minimum Gasteiger partial charge on any atom is -0.481 e. The molecule has 10 heteroatoms. The lowest BCUT2D eigenvalue weighted by Gasteiger charge is -2.38. The summed E-state index contributed by atoms with van der Waals surface area (Å²) in [4.78, 5) is 37.8. The fourth-order valence-electron chi connectivity index (χ4n) is 7.14. The van der Waals surface area contributed by atoms with Crippen molar-refractivity contribution in [3.05, 3.63) is 71.5 Å². The Kier molecular flexibility index (Phi) is 8.93. The molecule has 2 aromatic carbocycles. The van der Waals surface area contributed by atoms with Crippen LogP contribution >= 0.6 is 0 Å². The maximum Gasteiger partial charge on any atom is 0.267 e. The number of imide groups is 1. The number of carbonyl (C=O) groups excluding carboxylic acids is 2. The Bertz CT molecular complexity index is 1480. The molecule has 3 saturated heterocycles. The van der Waals surface area contributed by atoms with Gasteiger partial charge in [-0.05, 0) is 111 Å². The van der Waals surface area contributed by atoms with Gasteiger partial charge in [0.15, 0.2) is 6.10 Å². The average molecular weight is 610 g/mol. The molecule has 2 amide bonds. The van der Waals surface area contributed by atoms with Gasteiger partial charge >= 0.3 is 0 Å². The summed E-state index contributed by atoms with van der Waals surface area (Å²) in [6.07, 6.45) is 7.89. The lowest BCUT2D eigenvalue weighted by molar-refractivity contribution is -0.138. The molecular formula is C35H43N7O3. The van der Waals surface area contributed by atoms with Crippen molar-refractivity contribution in [1.82, 2.24) is 25.5 Å². The highest BCUT2D eigenvalue weighted by molar-refractivity contribution is 5.99. The third-order valence-electron chi connectivity index (χ3n) is 9.84. The molecule has 5 heterocycles. The molecule has 4 aliphatic heterocycles. The first-order chi connectivity index (χ1) is 22.1. The second kappa shape index (κ2) is 13.5. The Morgan fingerprint density at radius 1 is 0.889 bits per heavy atom. The van der Waals surface area contributed by atoms with E-state index in [-0.39, 0.29) is 11.8 Å². The zero-order chi connectivity index (χ0) is 30.6. The van der Waals surface area contributed by atoms with E-state index in [0.717, 1.165) is 63.0 Å². The van der Waals surface area contributed by atoms with Gasteiger partial charge in [-0.25, -0.2) is 9.97 Å². The van der Waals surface area contributed by atoms with Crippen molar-refractivity contribution in [3.8, 4) is 5.75 Å². The zero-order valence-corrected chi connectivity index (χ0v) is 25.8. The average Bonchev–Trinajstić information content (AvgIpc) is 3.07. The molecule has 0 aliphatic carbocycles. The van der Waals surface area contributed by atoms with Crippen LogP contribution in [0.2, 0.25) is 0 Å². The van der Waals surface area contributed by atoms with Gasteiger partial charge in [-0.2, -0.15) is 0 Å². The summed E-state index contributed by atoms with van der Waals surface area (Å²) < 4.78 is 5.85. The van der Waals surface area contributed by atoms with Crippen LogP contribution in [0, 0.1) is 5.92 Å². The SMILES string of the molecule is O=C1CCC(Oc2ccc(C3CCN(CC4CCN(c5ccc(Nc6ncc7c(n6)CNCC7)cc5)CC4)CC3)cc2)C(=O)N1. The van der Waals surface area contributed by atoms with Gasteiger partial charge in [-0.1, -0.05) is 12.1 Å². The minimum absolute atomic E-state index is 0.224. The number of aromatic nitrogens is 2. The highest BCUT2D eigenvalue weighted by atomic mass is 16.5. The number of amides is 2. The van der Waals surface area contributed by atoms with Gasteiger partial charge in [-0.15, -0.1) is 0 Å². The quantitative estimate of drug-likeness (QED) is 0.325. The van der Waals surface area contributed by atoms with E-state index in [9.17, 15) is 9.59 Å². The summed E-state index contributed by atoms with van der Waals surface area (Å²) >= 11 is 0. The predicted molar refractivity (Wildman–Crippen MR) is 174 cm³/mol. The second-order valence-electron chi connectivity index (χ2n) is 12.9. The number of hydrogen-bond donors (Lipinski definition) is 3. The third kappa shape index (κ3) is 7.28. The molecule has 3 N–H and O–H groups in total. The van der Waals surface area contributed by atoms with Crippen LogP contribution in [0.4, 0.5) is 17.3 Å². The summed E-state index contributed by atoms with van der Waals surface area (Å²) in [6.45, 7) is 7.46. The van der Waals surface area contributed by atoms with Crippen LogP contribution in [-0.4, -0.2) is 72.1 Å². The van der Waals surface area contributed by atoms with Crippen LogP contribution in [0.1, 0.15) is 61.3 Å². The van der Waals surface area contributed by atoms with Crippen molar-refractivity contribution in [2.75, 3.05) is 49.5 Å². The zero-order valence-electron chi connectivity index (χ0n) is 25.8. The standard InChI is InChI=1S/C35H43N7O3/c43-33-10-9-32(34(44)40-33)45-30-7-1-25(2-8-30)26-14-17-41(18-15-26)23-24-12-19-42(20-13-24)29-5-3-28(4-6-29)38-35-37-21-27-11-16-36-22-31(27)39-35/h1-8,21,24,26,32,36H,9-20,22-23H2,(H,37,38,39)(H,40,43,44). The fraction of sp³-hybridized carbons (Fsp3) is 0.486. The Morgan fingerprint density at radius 2 is 1.67 bits per heavy atom. The van der Waals surface area contributed by atoms with Gasteiger partial charge in [-0.3, -0.25) is 14.9 Å². The third-order valence-corrected chi connectivity index (χ3v) is 9.84. The molecule has 0 bridgehead atoms. The summed E-state index contributed by atoms with van der Waals surface area (Å²) in [6, 6.07) is 16.9. The summed E-state index contributed by atoms with van der Waals surface area (Å²) in [7, 11) is 0. The summed E-state index contributed by atoms with van der Waals surface area (Å²) in [5.41, 5.74) is 5.97. The second-order valence-corrected chi connectivity index (χ2v) is 12.9. The number of fused-ring (bicyclic) bond motifs is 1. The van der Waals surface area contributed by atoms with E-state index >= 15 is 0 Å². The monoisotopic (exact) mass is 609 g/mol. The van der Waals surface area contributed by atoms with Crippen molar-refractivity contribution in [3.63, 3.8) is 0 Å². The molecule has 3 fully saturated rings.